The quantitative estimate of drug-likeness (QED) is 0.780. The van der Waals surface area contributed by atoms with Gasteiger partial charge in [-0.05, 0) is 32.0 Å². The van der Waals surface area contributed by atoms with E-state index >= 15 is 0 Å². The highest BCUT2D eigenvalue weighted by atomic mass is 19.1. The molecule has 0 bridgehead atoms. The van der Waals surface area contributed by atoms with Gasteiger partial charge in [0.25, 0.3) is 0 Å². The summed E-state index contributed by atoms with van der Waals surface area (Å²) in [6.45, 7) is 5.27. The average Bonchev–Trinajstić information content (AvgIpc) is 2.87. The topological polar surface area (TPSA) is 29.9 Å². The van der Waals surface area contributed by atoms with Crippen LogP contribution in [0.4, 0.5) is 10.1 Å². The third kappa shape index (κ3) is 2.49. The van der Waals surface area contributed by atoms with Crippen LogP contribution in [0.15, 0.2) is 42.5 Å². The summed E-state index contributed by atoms with van der Waals surface area (Å²) in [7, 11) is 0. The number of hydrogen-bond donors (Lipinski definition) is 1. The van der Waals surface area contributed by atoms with E-state index in [2.05, 4.69) is 29.5 Å². The van der Waals surface area contributed by atoms with Gasteiger partial charge in [0, 0.05) is 23.2 Å². The number of halogens is 1. The molecule has 0 amide bonds. The van der Waals surface area contributed by atoms with Gasteiger partial charge in [-0.15, -0.1) is 0 Å². The van der Waals surface area contributed by atoms with Crippen LogP contribution in [0.1, 0.15) is 18.2 Å². The Bertz CT molecular complexity index is 777. The van der Waals surface area contributed by atoms with Crippen LogP contribution in [0.3, 0.4) is 0 Å². The van der Waals surface area contributed by atoms with E-state index in [-0.39, 0.29) is 5.82 Å². The lowest BCUT2D eigenvalue weighted by molar-refractivity contribution is 0.619. The van der Waals surface area contributed by atoms with Crippen LogP contribution in [0.2, 0.25) is 0 Å². The fraction of sp³-hybridized carbons (Fsp3) is 0.235. The Morgan fingerprint density at radius 3 is 2.76 bits per heavy atom. The number of fused-ring (bicyclic) bond motifs is 1. The molecule has 4 heteroatoms. The van der Waals surface area contributed by atoms with E-state index in [1.54, 1.807) is 13.0 Å². The molecule has 0 saturated heterocycles. The summed E-state index contributed by atoms with van der Waals surface area (Å²) in [5, 5.41) is 9.06. The fourth-order valence-electron chi connectivity index (χ4n) is 2.55. The summed E-state index contributed by atoms with van der Waals surface area (Å²) >= 11 is 0. The van der Waals surface area contributed by atoms with Crippen molar-refractivity contribution in [2.75, 3.05) is 5.32 Å². The molecule has 0 unspecified atom stereocenters. The molecule has 21 heavy (non-hydrogen) atoms. The Labute approximate surface area is 123 Å². The summed E-state index contributed by atoms with van der Waals surface area (Å²) in [6.07, 6.45) is 0. The smallest absolute Gasteiger partial charge is 0.128 e. The maximum absolute atomic E-state index is 13.6. The Hall–Kier alpha value is -2.36. The van der Waals surface area contributed by atoms with Gasteiger partial charge in [-0.25, -0.2) is 4.39 Å². The summed E-state index contributed by atoms with van der Waals surface area (Å²) < 4.78 is 15.5. The molecule has 1 heterocycles. The minimum Gasteiger partial charge on any atom is -0.379 e. The number of para-hydroxylation sites is 1. The normalized spacial score (nSPS) is 11.0. The van der Waals surface area contributed by atoms with E-state index < -0.39 is 0 Å². The van der Waals surface area contributed by atoms with E-state index in [1.165, 1.54) is 6.07 Å². The van der Waals surface area contributed by atoms with Gasteiger partial charge in [0.05, 0.1) is 17.8 Å². The molecule has 3 rings (SSSR count). The van der Waals surface area contributed by atoms with Gasteiger partial charge in [0.2, 0.25) is 0 Å². The van der Waals surface area contributed by atoms with Crippen LogP contribution in [0.25, 0.3) is 10.9 Å². The van der Waals surface area contributed by atoms with Gasteiger partial charge in [0.15, 0.2) is 0 Å². The average molecular weight is 283 g/mol. The standard InChI is InChI=1S/C17H18FN3/c1-3-21-17-10-5-4-7-13(17)16(20-21)11-19-15-9-6-8-14(18)12(15)2/h4-10,19H,3,11H2,1-2H3. The molecule has 1 N–H and O–H groups in total. The predicted molar refractivity (Wildman–Crippen MR) is 83.9 cm³/mol. The Balaban J connectivity index is 1.90. The summed E-state index contributed by atoms with van der Waals surface area (Å²) in [5.74, 6) is -0.191. The van der Waals surface area contributed by atoms with Crippen LogP contribution in [-0.2, 0) is 13.1 Å². The molecule has 3 aromatic rings. The van der Waals surface area contributed by atoms with Crippen molar-refractivity contribution in [3.63, 3.8) is 0 Å². The molecule has 1 aromatic heterocycles. The van der Waals surface area contributed by atoms with E-state index in [4.69, 9.17) is 0 Å². The van der Waals surface area contributed by atoms with Gasteiger partial charge in [0.1, 0.15) is 5.82 Å². The second-order valence-corrected chi connectivity index (χ2v) is 5.05. The van der Waals surface area contributed by atoms with Gasteiger partial charge >= 0.3 is 0 Å². The molecule has 3 nitrogen and oxygen atoms in total. The molecule has 108 valence electrons. The van der Waals surface area contributed by atoms with Gasteiger partial charge in [-0.3, -0.25) is 4.68 Å². The lowest BCUT2D eigenvalue weighted by atomic mass is 10.1. The van der Waals surface area contributed by atoms with Crippen molar-refractivity contribution in [2.45, 2.75) is 26.9 Å². The van der Waals surface area contributed by atoms with Crippen LogP contribution in [0.5, 0.6) is 0 Å². The Kier molecular flexibility index (Phi) is 3.60. The molecule has 0 aliphatic rings. The second kappa shape index (κ2) is 5.56. The molecule has 0 fully saturated rings. The molecule has 2 aromatic carbocycles. The zero-order chi connectivity index (χ0) is 14.8. The number of rotatable bonds is 4. The van der Waals surface area contributed by atoms with Crippen LogP contribution >= 0.6 is 0 Å². The SMILES string of the molecule is CCn1nc(CNc2cccc(F)c2C)c2ccccc21. The van der Waals surface area contributed by atoms with Crippen molar-refractivity contribution in [3.8, 4) is 0 Å². The number of hydrogen-bond acceptors (Lipinski definition) is 2. The third-order valence-electron chi connectivity index (χ3n) is 3.75. The van der Waals surface area contributed by atoms with E-state index in [1.807, 2.05) is 22.9 Å². The van der Waals surface area contributed by atoms with E-state index in [9.17, 15) is 4.39 Å². The number of nitrogens with one attached hydrogen (secondary N) is 1. The van der Waals surface area contributed by atoms with Crippen molar-refractivity contribution in [1.29, 1.82) is 0 Å². The summed E-state index contributed by atoms with van der Waals surface area (Å²) in [5.41, 5.74) is 3.56. The second-order valence-electron chi connectivity index (χ2n) is 5.05. The van der Waals surface area contributed by atoms with Crippen LogP contribution in [-0.4, -0.2) is 9.78 Å². The van der Waals surface area contributed by atoms with Crippen molar-refractivity contribution in [3.05, 3.63) is 59.5 Å². The highest BCUT2D eigenvalue weighted by Gasteiger charge is 2.09. The maximum atomic E-state index is 13.6. The first-order valence-electron chi connectivity index (χ1n) is 7.14. The van der Waals surface area contributed by atoms with Gasteiger partial charge in [-0.2, -0.15) is 5.10 Å². The molecule has 0 aliphatic carbocycles. The first kappa shape index (κ1) is 13.6. The minimum absolute atomic E-state index is 0.191. The number of nitrogens with zero attached hydrogens (tertiary/aromatic N) is 2. The third-order valence-corrected chi connectivity index (χ3v) is 3.75. The first-order chi connectivity index (χ1) is 10.2. The number of aromatic nitrogens is 2. The van der Waals surface area contributed by atoms with E-state index in [0.717, 1.165) is 28.8 Å². The van der Waals surface area contributed by atoms with Crippen LogP contribution in [0, 0.1) is 12.7 Å². The van der Waals surface area contributed by atoms with Crippen molar-refractivity contribution in [1.82, 2.24) is 9.78 Å². The molecule has 0 saturated carbocycles. The Morgan fingerprint density at radius 1 is 1.14 bits per heavy atom. The summed E-state index contributed by atoms with van der Waals surface area (Å²) in [4.78, 5) is 0. The van der Waals surface area contributed by atoms with Crippen molar-refractivity contribution >= 4 is 16.6 Å². The largest absolute Gasteiger partial charge is 0.379 e. The monoisotopic (exact) mass is 283 g/mol. The molecule has 0 aliphatic heterocycles. The highest BCUT2D eigenvalue weighted by Crippen LogP contribution is 2.22. The zero-order valence-corrected chi connectivity index (χ0v) is 12.2. The number of benzene rings is 2. The van der Waals surface area contributed by atoms with Crippen molar-refractivity contribution in [2.24, 2.45) is 0 Å². The van der Waals surface area contributed by atoms with Gasteiger partial charge < -0.3 is 5.32 Å². The molecule has 0 atom stereocenters. The lowest BCUT2D eigenvalue weighted by Gasteiger charge is -2.08. The number of anilines is 1. The molecule has 0 spiro atoms. The minimum atomic E-state index is -0.191. The summed E-state index contributed by atoms with van der Waals surface area (Å²) in [6, 6.07) is 13.3. The van der Waals surface area contributed by atoms with Crippen molar-refractivity contribution < 1.29 is 4.39 Å². The Morgan fingerprint density at radius 2 is 1.95 bits per heavy atom. The van der Waals surface area contributed by atoms with Crippen LogP contribution < -0.4 is 5.32 Å². The fourth-order valence-corrected chi connectivity index (χ4v) is 2.55. The van der Waals surface area contributed by atoms with E-state index in [0.29, 0.717) is 12.1 Å². The maximum Gasteiger partial charge on any atom is 0.128 e. The highest BCUT2D eigenvalue weighted by molar-refractivity contribution is 5.82. The zero-order valence-electron chi connectivity index (χ0n) is 12.2. The van der Waals surface area contributed by atoms with Gasteiger partial charge in [-0.1, -0.05) is 24.3 Å². The number of aryl methyl sites for hydroxylation is 1. The first-order valence-corrected chi connectivity index (χ1v) is 7.14. The lowest BCUT2D eigenvalue weighted by Crippen LogP contribution is -2.04. The predicted octanol–water partition coefficient (Wildman–Crippen LogP) is 4.12. The molecule has 0 radical (unpaired) electrons. The molecular formula is C17H18FN3. The molecular weight excluding hydrogens is 265 g/mol.